The number of unbranched alkanes of at least 4 members (excludes halogenated alkanes) is 3. The number of ether oxygens (including phenoxy) is 1. The molecule has 0 radical (unpaired) electrons. The predicted octanol–water partition coefficient (Wildman–Crippen LogP) is 5.34. The van der Waals surface area contributed by atoms with Gasteiger partial charge in [-0.25, -0.2) is 4.79 Å². The van der Waals surface area contributed by atoms with Gasteiger partial charge in [0.1, 0.15) is 0 Å². The molecule has 0 saturated carbocycles. The first kappa shape index (κ1) is 16.4. The number of benzene rings is 1. The Morgan fingerprint density at radius 3 is 2.32 bits per heavy atom. The van der Waals surface area contributed by atoms with Crippen LogP contribution in [0.15, 0.2) is 18.2 Å². The monoisotopic (exact) mass is 323 g/mol. The molecule has 0 aliphatic rings. The van der Waals surface area contributed by atoms with E-state index in [1.807, 2.05) is 0 Å². The number of alkyl halides is 1. The van der Waals surface area contributed by atoms with Gasteiger partial charge >= 0.3 is 6.09 Å². The van der Waals surface area contributed by atoms with Crippen molar-refractivity contribution in [2.45, 2.75) is 25.7 Å². The van der Waals surface area contributed by atoms with Crippen LogP contribution < -0.4 is 5.32 Å². The van der Waals surface area contributed by atoms with Crippen LogP contribution in [0.3, 0.4) is 0 Å². The molecule has 6 heteroatoms. The lowest BCUT2D eigenvalue weighted by molar-refractivity contribution is 0.159. The van der Waals surface area contributed by atoms with E-state index in [4.69, 9.17) is 39.5 Å². The molecule has 1 N–H and O–H groups in total. The van der Waals surface area contributed by atoms with Crippen LogP contribution in [0.5, 0.6) is 0 Å². The molecule has 1 amide bonds. The first-order valence-electron chi connectivity index (χ1n) is 6.07. The molecule has 1 aromatic rings. The minimum atomic E-state index is -0.504. The highest BCUT2D eigenvalue weighted by Gasteiger charge is 2.04. The van der Waals surface area contributed by atoms with Gasteiger partial charge in [0.25, 0.3) is 0 Å². The van der Waals surface area contributed by atoms with E-state index in [9.17, 15) is 4.79 Å². The summed E-state index contributed by atoms with van der Waals surface area (Å²) in [6.07, 6.45) is 3.38. The zero-order valence-electron chi connectivity index (χ0n) is 10.4. The Hall–Kier alpha value is -0.640. The molecule has 0 aliphatic carbocycles. The molecule has 0 spiro atoms. The second-order valence-corrected chi connectivity index (χ2v) is 5.27. The topological polar surface area (TPSA) is 38.3 Å². The van der Waals surface area contributed by atoms with Gasteiger partial charge in [-0.05, 0) is 31.0 Å². The molecular weight excluding hydrogens is 309 g/mol. The lowest BCUT2D eigenvalue weighted by Gasteiger charge is -2.07. The second kappa shape index (κ2) is 9.29. The molecule has 0 unspecified atom stereocenters. The van der Waals surface area contributed by atoms with Gasteiger partial charge in [-0.1, -0.05) is 36.0 Å². The van der Waals surface area contributed by atoms with Crippen LogP contribution in [0.4, 0.5) is 10.5 Å². The average Bonchev–Trinajstić information content (AvgIpc) is 2.32. The molecule has 0 aliphatic heterocycles. The van der Waals surface area contributed by atoms with Crippen molar-refractivity contribution in [2.75, 3.05) is 17.8 Å². The van der Waals surface area contributed by atoms with E-state index in [0.29, 0.717) is 28.2 Å². The van der Waals surface area contributed by atoms with E-state index < -0.39 is 6.09 Å². The highest BCUT2D eigenvalue weighted by molar-refractivity contribution is 6.35. The summed E-state index contributed by atoms with van der Waals surface area (Å²) in [5.41, 5.74) is 0.518. The Morgan fingerprint density at radius 2 is 1.68 bits per heavy atom. The van der Waals surface area contributed by atoms with Crippen molar-refractivity contribution in [3.8, 4) is 0 Å². The quantitative estimate of drug-likeness (QED) is 0.543. The third-order valence-corrected chi connectivity index (χ3v) is 3.07. The molecule has 0 heterocycles. The fourth-order valence-electron chi connectivity index (χ4n) is 1.49. The number of carbonyl (C=O) groups excluding carboxylic acids is 1. The zero-order chi connectivity index (χ0) is 14.1. The second-order valence-electron chi connectivity index (χ2n) is 4.02. The first-order chi connectivity index (χ1) is 9.11. The number of hydrogen-bond acceptors (Lipinski definition) is 2. The summed E-state index contributed by atoms with van der Waals surface area (Å²) in [6.45, 7) is 0.391. The smallest absolute Gasteiger partial charge is 0.411 e. The minimum absolute atomic E-state index is 0.391. The molecule has 1 rings (SSSR count). The number of hydrogen-bond donors (Lipinski definition) is 1. The highest BCUT2D eigenvalue weighted by Crippen LogP contribution is 2.22. The van der Waals surface area contributed by atoms with Gasteiger partial charge in [-0.2, -0.15) is 0 Å². The Balaban J connectivity index is 2.23. The number of rotatable bonds is 7. The van der Waals surface area contributed by atoms with Crippen LogP contribution in [0.2, 0.25) is 10.0 Å². The summed E-state index contributed by atoms with van der Waals surface area (Å²) >= 11 is 17.2. The highest BCUT2D eigenvalue weighted by atomic mass is 35.5. The fourth-order valence-corrected chi connectivity index (χ4v) is 2.21. The average molecular weight is 325 g/mol. The van der Waals surface area contributed by atoms with Gasteiger partial charge < -0.3 is 4.74 Å². The van der Waals surface area contributed by atoms with Gasteiger partial charge in [0.05, 0.1) is 6.61 Å². The lowest BCUT2D eigenvalue weighted by atomic mass is 10.2. The normalized spacial score (nSPS) is 10.3. The van der Waals surface area contributed by atoms with E-state index >= 15 is 0 Å². The zero-order valence-corrected chi connectivity index (χ0v) is 12.7. The van der Waals surface area contributed by atoms with Gasteiger partial charge in [-0.15, -0.1) is 11.6 Å². The largest absolute Gasteiger partial charge is 0.449 e. The van der Waals surface area contributed by atoms with E-state index in [-0.39, 0.29) is 0 Å². The minimum Gasteiger partial charge on any atom is -0.449 e. The van der Waals surface area contributed by atoms with E-state index in [1.54, 1.807) is 18.2 Å². The van der Waals surface area contributed by atoms with Crippen LogP contribution in [0.25, 0.3) is 0 Å². The maximum absolute atomic E-state index is 11.5. The van der Waals surface area contributed by atoms with Crippen LogP contribution in [-0.2, 0) is 4.74 Å². The van der Waals surface area contributed by atoms with Gasteiger partial charge in [-0.3, -0.25) is 5.32 Å². The third-order valence-electron chi connectivity index (χ3n) is 2.37. The van der Waals surface area contributed by atoms with Crippen molar-refractivity contribution in [3.63, 3.8) is 0 Å². The van der Waals surface area contributed by atoms with E-state index in [0.717, 1.165) is 25.7 Å². The number of amides is 1. The molecule has 3 nitrogen and oxygen atoms in total. The van der Waals surface area contributed by atoms with Gasteiger partial charge in [0.15, 0.2) is 0 Å². The van der Waals surface area contributed by atoms with Crippen molar-refractivity contribution < 1.29 is 9.53 Å². The Labute approximate surface area is 128 Å². The SMILES string of the molecule is O=C(Nc1cc(Cl)cc(Cl)c1)OCCCCCCCl. The van der Waals surface area contributed by atoms with Crippen molar-refractivity contribution in [1.29, 1.82) is 0 Å². The van der Waals surface area contributed by atoms with Crippen molar-refractivity contribution in [1.82, 2.24) is 0 Å². The van der Waals surface area contributed by atoms with E-state index in [1.165, 1.54) is 0 Å². The molecule has 106 valence electrons. The summed E-state index contributed by atoms with van der Waals surface area (Å²) in [4.78, 5) is 11.5. The Morgan fingerprint density at radius 1 is 1.05 bits per heavy atom. The summed E-state index contributed by atoms with van der Waals surface area (Å²) < 4.78 is 5.04. The van der Waals surface area contributed by atoms with Crippen LogP contribution in [0.1, 0.15) is 25.7 Å². The summed E-state index contributed by atoms with van der Waals surface area (Å²) in [5.74, 6) is 0.677. The third kappa shape index (κ3) is 7.51. The molecule has 19 heavy (non-hydrogen) atoms. The number of carbonyl (C=O) groups is 1. The molecule has 0 atom stereocenters. The number of anilines is 1. The molecule has 0 bridgehead atoms. The van der Waals surface area contributed by atoms with Crippen molar-refractivity contribution >= 4 is 46.6 Å². The molecule has 0 saturated heterocycles. The Bertz CT molecular complexity index is 393. The van der Waals surface area contributed by atoms with E-state index in [2.05, 4.69) is 5.32 Å². The molecule has 0 fully saturated rings. The lowest BCUT2D eigenvalue weighted by Crippen LogP contribution is -2.14. The molecule has 1 aromatic carbocycles. The van der Waals surface area contributed by atoms with Gasteiger partial charge in [0.2, 0.25) is 0 Å². The number of halogens is 3. The standard InChI is InChI=1S/C13H16Cl3NO2/c14-5-3-1-2-4-6-19-13(18)17-12-8-10(15)7-11(16)9-12/h7-9H,1-6H2,(H,17,18). The maximum Gasteiger partial charge on any atom is 0.411 e. The Kier molecular flexibility index (Phi) is 8.03. The van der Waals surface area contributed by atoms with Crippen molar-refractivity contribution in [3.05, 3.63) is 28.2 Å². The summed E-state index contributed by atoms with van der Waals surface area (Å²) in [5, 5.41) is 3.50. The van der Waals surface area contributed by atoms with Gasteiger partial charge in [0, 0.05) is 21.6 Å². The van der Waals surface area contributed by atoms with Crippen LogP contribution >= 0.6 is 34.8 Å². The predicted molar refractivity (Wildman–Crippen MR) is 80.6 cm³/mol. The van der Waals surface area contributed by atoms with Crippen molar-refractivity contribution in [2.24, 2.45) is 0 Å². The number of nitrogens with one attached hydrogen (secondary N) is 1. The molecular formula is C13H16Cl3NO2. The first-order valence-corrected chi connectivity index (χ1v) is 7.36. The van der Waals surface area contributed by atoms with Crippen LogP contribution in [-0.4, -0.2) is 18.6 Å². The fraction of sp³-hybridized carbons (Fsp3) is 0.462. The summed E-state index contributed by atoms with van der Waals surface area (Å²) in [6, 6.07) is 4.81. The maximum atomic E-state index is 11.5. The molecule has 0 aromatic heterocycles. The summed E-state index contributed by atoms with van der Waals surface area (Å²) in [7, 11) is 0. The van der Waals surface area contributed by atoms with Crippen LogP contribution in [0, 0.1) is 0 Å².